The van der Waals surface area contributed by atoms with E-state index in [1.165, 1.54) is 6.20 Å². The van der Waals surface area contributed by atoms with Crippen LogP contribution in [0.15, 0.2) is 12.3 Å². The van der Waals surface area contributed by atoms with E-state index < -0.39 is 16.7 Å². The van der Waals surface area contributed by atoms with E-state index in [2.05, 4.69) is 4.98 Å². The molecule has 0 saturated carbocycles. The lowest BCUT2D eigenvalue weighted by Crippen LogP contribution is -2.23. The van der Waals surface area contributed by atoms with Crippen molar-refractivity contribution in [1.82, 2.24) is 4.98 Å². The molecule has 0 aromatic carbocycles. The molecule has 0 aliphatic heterocycles. The summed E-state index contributed by atoms with van der Waals surface area (Å²) >= 11 is 1.63. The average molecular weight is 271 g/mol. The Balaban J connectivity index is 3.11. The van der Waals surface area contributed by atoms with Crippen LogP contribution in [0.4, 0.5) is 11.5 Å². The van der Waals surface area contributed by atoms with Crippen molar-refractivity contribution < 1.29 is 14.8 Å². The lowest BCUT2D eigenvalue weighted by molar-refractivity contribution is -0.389. The predicted octanol–water partition coefficient (Wildman–Crippen LogP) is 1.49. The normalized spacial score (nSPS) is 10.1. The van der Waals surface area contributed by atoms with E-state index in [4.69, 9.17) is 5.11 Å². The summed E-state index contributed by atoms with van der Waals surface area (Å²) in [6.45, 7) is 0.640. The summed E-state index contributed by atoms with van der Waals surface area (Å²) in [5.74, 6) is -0.840. The molecule has 1 aromatic heterocycles. The average Bonchev–Trinajstić information content (AvgIpc) is 2.34. The first-order valence-electron chi connectivity index (χ1n) is 5.05. The molecule has 0 fully saturated rings. The molecule has 0 unspecified atom stereocenters. The molecule has 0 atom stereocenters. The Morgan fingerprint density at radius 3 is 2.83 bits per heavy atom. The van der Waals surface area contributed by atoms with Crippen LogP contribution in [0.1, 0.15) is 10.4 Å². The molecule has 8 heteroatoms. The molecule has 0 radical (unpaired) electrons. The Morgan fingerprint density at radius 1 is 1.67 bits per heavy atom. The SMILES string of the molecule is CSCCN(C)c1cnc([N+](=O)[O-])cc1C(=O)O. The summed E-state index contributed by atoms with van der Waals surface area (Å²) in [4.78, 5) is 26.3. The minimum absolute atomic E-state index is 0.111. The van der Waals surface area contributed by atoms with E-state index in [-0.39, 0.29) is 5.56 Å². The molecule has 0 aliphatic rings. The van der Waals surface area contributed by atoms with Crippen molar-refractivity contribution in [2.75, 3.05) is 30.5 Å². The number of thioether (sulfide) groups is 1. The third kappa shape index (κ3) is 3.33. The van der Waals surface area contributed by atoms with Crippen molar-refractivity contribution in [3.8, 4) is 0 Å². The van der Waals surface area contributed by atoms with Crippen molar-refractivity contribution in [2.45, 2.75) is 0 Å². The van der Waals surface area contributed by atoms with Gasteiger partial charge in [-0.15, -0.1) is 0 Å². The third-order valence-corrected chi connectivity index (χ3v) is 2.92. The van der Waals surface area contributed by atoms with Crippen molar-refractivity contribution in [3.63, 3.8) is 0 Å². The summed E-state index contributed by atoms with van der Waals surface area (Å²) < 4.78 is 0. The quantitative estimate of drug-likeness (QED) is 0.618. The van der Waals surface area contributed by atoms with Gasteiger partial charge in [-0.2, -0.15) is 11.8 Å². The molecule has 0 bridgehead atoms. The van der Waals surface area contributed by atoms with Gasteiger partial charge in [0.05, 0.1) is 17.3 Å². The topological polar surface area (TPSA) is 96.6 Å². The van der Waals surface area contributed by atoms with Crippen molar-refractivity contribution in [2.24, 2.45) is 0 Å². The second kappa shape index (κ2) is 6.20. The van der Waals surface area contributed by atoms with E-state index in [0.29, 0.717) is 12.2 Å². The van der Waals surface area contributed by atoms with Gasteiger partial charge in [-0.25, -0.2) is 4.79 Å². The number of aromatic nitrogens is 1. The number of nitro groups is 1. The highest BCUT2D eigenvalue weighted by Crippen LogP contribution is 2.22. The number of hydrogen-bond donors (Lipinski definition) is 1. The van der Waals surface area contributed by atoms with Gasteiger partial charge in [-0.05, 0) is 16.2 Å². The molecule has 0 saturated heterocycles. The van der Waals surface area contributed by atoms with Crippen molar-refractivity contribution in [1.29, 1.82) is 0 Å². The first-order chi connectivity index (χ1) is 8.47. The van der Waals surface area contributed by atoms with Crippen LogP contribution in [0.5, 0.6) is 0 Å². The van der Waals surface area contributed by atoms with Crippen LogP contribution in [0.25, 0.3) is 0 Å². The molecule has 98 valence electrons. The number of nitrogens with zero attached hydrogens (tertiary/aromatic N) is 3. The molecule has 1 rings (SSSR count). The van der Waals surface area contributed by atoms with Crippen molar-refractivity contribution in [3.05, 3.63) is 27.9 Å². The zero-order chi connectivity index (χ0) is 13.7. The van der Waals surface area contributed by atoms with Crippen LogP contribution in [0, 0.1) is 10.1 Å². The minimum Gasteiger partial charge on any atom is -0.478 e. The molecule has 1 heterocycles. The van der Waals surface area contributed by atoms with Gasteiger partial charge < -0.3 is 20.1 Å². The Hall–Kier alpha value is -1.83. The molecular formula is C10H13N3O4S. The van der Waals surface area contributed by atoms with Crippen LogP contribution in [0.3, 0.4) is 0 Å². The van der Waals surface area contributed by atoms with Gasteiger partial charge in [0.1, 0.15) is 0 Å². The molecule has 0 amide bonds. The Morgan fingerprint density at radius 2 is 2.33 bits per heavy atom. The Kier molecular flexibility index (Phi) is 4.90. The summed E-state index contributed by atoms with van der Waals surface area (Å²) in [6, 6.07) is 0.979. The number of aromatic carboxylic acids is 1. The maximum Gasteiger partial charge on any atom is 0.364 e. The molecule has 18 heavy (non-hydrogen) atoms. The highest BCUT2D eigenvalue weighted by molar-refractivity contribution is 7.98. The minimum atomic E-state index is -1.20. The molecule has 0 aliphatic carbocycles. The number of carboxylic acids is 1. The molecule has 0 spiro atoms. The van der Waals surface area contributed by atoms with Gasteiger partial charge in [0.25, 0.3) is 0 Å². The van der Waals surface area contributed by atoms with Crippen LogP contribution < -0.4 is 4.90 Å². The van der Waals surface area contributed by atoms with Gasteiger partial charge in [-0.3, -0.25) is 0 Å². The molecular weight excluding hydrogens is 258 g/mol. The van der Waals surface area contributed by atoms with Crippen LogP contribution >= 0.6 is 11.8 Å². The van der Waals surface area contributed by atoms with E-state index in [0.717, 1.165) is 11.8 Å². The summed E-state index contributed by atoms with van der Waals surface area (Å²) in [6.07, 6.45) is 3.17. The fraction of sp³-hybridized carbons (Fsp3) is 0.400. The lowest BCUT2D eigenvalue weighted by atomic mass is 10.2. The number of anilines is 1. The fourth-order valence-electron chi connectivity index (χ4n) is 1.36. The van der Waals surface area contributed by atoms with E-state index in [1.54, 1.807) is 23.7 Å². The maximum absolute atomic E-state index is 11.1. The number of carbonyl (C=O) groups is 1. The van der Waals surface area contributed by atoms with E-state index >= 15 is 0 Å². The number of hydrogen-bond acceptors (Lipinski definition) is 6. The first-order valence-corrected chi connectivity index (χ1v) is 6.44. The lowest BCUT2D eigenvalue weighted by Gasteiger charge is -2.18. The number of carboxylic acid groups (broad SMARTS) is 1. The second-order valence-corrected chi connectivity index (χ2v) is 4.52. The zero-order valence-corrected chi connectivity index (χ0v) is 10.8. The monoisotopic (exact) mass is 271 g/mol. The Bertz CT molecular complexity index is 466. The standard InChI is InChI=1S/C10H13N3O4S/c1-12(3-4-18-2)8-6-11-9(13(16)17)5-7(8)10(14)15/h5-6H,3-4H2,1-2H3,(H,14,15). The molecule has 1 N–H and O–H groups in total. The van der Waals surface area contributed by atoms with E-state index in [9.17, 15) is 14.9 Å². The number of pyridine rings is 1. The van der Waals surface area contributed by atoms with Crippen LogP contribution in [0.2, 0.25) is 0 Å². The largest absolute Gasteiger partial charge is 0.478 e. The summed E-state index contributed by atoms with van der Waals surface area (Å²) in [7, 11) is 1.73. The van der Waals surface area contributed by atoms with Crippen LogP contribution in [-0.4, -0.2) is 46.6 Å². The molecule has 7 nitrogen and oxygen atoms in total. The maximum atomic E-state index is 11.1. The van der Waals surface area contributed by atoms with Crippen molar-refractivity contribution >= 4 is 29.2 Å². The van der Waals surface area contributed by atoms with E-state index in [1.807, 2.05) is 6.26 Å². The van der Waals surface area contributed by atoms with Gasteiger partial charge in [-0.1, -0.05) is 0 Å². The van der Waals surface area contributed by atoms with Crippen LogP contribution in [-0.2, 0) is 0 Å². The summed E-state index contributed by atoms with van der Waals surface area (Å²) in [5.41, 5.74) is 0.266. The Labute approximate surface area is 108 Å². The predicted molar refractivity (Wildman–Crippen MR) is 69.5 cm³/mol. The van der Waals surface area contributed by atoms with Gasteiger partial charge in [0, 0.05) is 19.3 Å². The third-order valence-electron chi connectivity index (χ3n) is 2.33. The van der Waals surface area contributed by atoms with Gasteiger partial charge in [0.15, 0.2) is 6.20 Å². The summed E-state index contributed by atoms with van der Waals surface area (Å²) in [5, 5.41) is 19.6. The highest BCUT2D eigenvalue weighted by atomic mass is 32.2. The highest BCUT2D eigenvalue weighted by Gasteiger charge is 2.20. The smallest absolute Gasteiger partial charge is 0.364 e. The number of rotatable bonds is 6. The second-order valence-electron chi connectivity index (χ2n) is 3.54. The van der Waals surface area contributed by atoms with Gasteiger partial charge >= 0.3 is 11.8 Å². The zero-order valence-electron chi connectivity index (χ0n) is 9.99. The molecule has 1 aromatic rings. The van der Waals surface area contributed by atoms with Gasteiger partial charge in [0.2, 0.25) is 0 Å². The fourth-order valence-corrected chi connectivity index (χ4v) is 1.82. The first kappa shape index (κ1) is 14.2.